The van der Waals surface area contributed by atoms with Crippen LogP contribution in [0.25, 0.3) is 17.1 Å². The second-order valence-corrected chi connectivity index (χ2v) is 6.44. The van der Waals surface area contributed by atoms with Crippen LogP contribution in [0.1, 0.15) is 21.8 Å². The summed E-state index contributed by atoms with van der Waals surface area (Å²) >= 11 is 0. The van der Waals surface area contributed by atoms with Gasteiger partial charge in [-0.15, -0.1) is 0 Å². The van der Waals surface area contributed by atoms with E-state index in [2.05, 4.69) is 15.5 Å². The highest BCUT2D eigenvalue weighted by Gasteiger charge is 2.30. The Morgan fingerprint density at radius 3 is 2.30 bits per heavy atom. The van der Waals surface area contributed by atoms with Crippen LogP contribution in [0.2, 0.25) is 0 Å². The fraction of sp³-hybridized carbons (Fsp3) is 0.0952. The van der Waals surface area contributed by atoms with E-state index in [1.165, 1.54) is 12.1 Å². The van der Waals surface area contributed by atoms with Gasteiger partial charge in [0.05, 0.1) is 5.56 Å². The summed E-state index contributed by atoms with van der Waals surface area (Å²) < 4.78 is 44.8. The molecule has 0 aliphatic heterocycles. The number of benzene rings is 2. The molecule has 0 aliphatic rings. The summed E-state index contributed by atoms with van der Waals surface area (Å²) in [7, 11) is 0. The Morgan fingerprint density at radius 1 is 1.00 bits per heavy atom. The predicted molar refractivity (Wildman–Crippen MR) is 102 cm³/mol. The highest BCUT2D eigenvalue weighted by molar-refractivity contribution is 5.89. The van der Waals surface area contributed by atoms with E-state index < -0.39 is 17.6 Å². The Kier molecular flexibility index (Phi) is 5.09. The standard InChI is InChI=1S/C21H15F3N4O2/c22-21(23,24)16-7-5-15(6-8-16)18-26-20(30-27-18)19(29)25-13-14-3-9-17(10-4-14)28-11-1-2-12-28/h1-12H,13H2,(H,25,29). The average Bonchev–Trinajstić information content (AvgIpc) is 3.44. The van der Waals surface area contributed by atoms with Crippen LogP contribution in [0.4, 0.5) is 13.2 Å². The van der Waals surface area contributed by atoms with Crippen molar-refractivity contribution in [3.8, 4) is 17.1 Å². The molecule has 0 bridgehead atoms. The number of rotatable bonds is 5. The van der Waals surface area contributed by atoms with Crippen molar-refractivity contribution in [2.45, 2.75) is 12.7 Å². The fourth-order valence-corrected chi connectivity index (χ4v) is 2.79. The molecule has 1 N–H and O–H groups in total. The molecule has 0 atom stereocenters. The van der Waals surface area contributed by atoms with Crippen LogP contribution in [0, 0.1) is 0 Å². The molecule has 4 rings (SSSR count). The molecule has 0 saturated heterocycles. The Bertz CT molecular complexity index is 1130. The zero-order valence-corrected chi connectivity index (χ0v) is 15.4. The van der Waals surface area contributed by atoms with Crippen molar-refractivity contribution in [3.63, 3.8) is 0 Å². The molecule has 0 unspecified atom stereocenters. The van der Waals surface area contributed by atoms with Gasteiger partial charge in [-0.2, -0.15) is 18.2 Å². The molecule has 4 aromatic rings. The zero-order chi connectivity index (χ0) is 21.1. The highest BCUT2D eigenvalue weighted by Crippen LogP contribution is 2.30. The molecule has 0 saturated carbocycles. The van der Waals surface area contributed by atoms with Crippen LogP contribution in [-0.4, -0.2) is 20.6 Å². The molecule has 0 fully saturated rings. The van der Waals surface area contributed by atoms with E-state index in [1.54, 1.807) is 0 Å². The van der Waals surface area contributed by atoms with Gasteiger partial charge >= 0.3 is 18.0 Å². The summed E-state index contributed by atoms with van der Waals surface area (Å²) in [6.45, 7) is 0.253. The lowest BCUT2D eigenvalue weighted by atomic mass is 10.1. The molecule has 2 heterocycles. The summed E-state index contributed by atoms with van der Waals surface area (Å²) in [4.78, 5) is 16.2. The van der Waals surface area contributed by atoms with E-state index in [-0.39, 0.29) is 18.3 Å². The lowest BCUT2D eigenvalue weighted by Gasteiger charge is -2.06. The average molecular weight is 412 g/mol. The second kappa shape index (κ2) is 7.86. The third kappa shape index (κ3) is 4.24. The number of aromatic nitrogens is 3. The normalized spacial score (nSPS) is 11.4. The van der Waals surface area contributed by atoms with Crippen molar-refractivity contribution >= 4 is 5.91 Å². The van der Waals surface area contributed by atoms with Gasteiger partial charge < -0.3 is 14.4 Å². The van der Waals surface area contributed by atoms with E-state index in [4.69, 9.17) is 4.52 Å². The maximum atomic E-state index is 12.6. The molecule has 152 valence electrons. The number of hydrogen-bond donors (Lipinski definition) is 1. The van der Waals surface area contributed by atoms with Crippen LogP contribution in [0.5, 0.6) is 0 Å². The Morgan fingerprint density at radius 2 is 1.67 bits per heavy atom. The zero-order valence-electron chi connectivity index (χ0n) is 15.4. The Balaban J connectivity index is 1.38. The van der Waals surface area contributed by atoms with Crippen molar-refractivity contribution in [2.75, 3.05) is 0 Å². The topological polar surface area (TPSA) is 73.0 Å². The maximum Gasteiger partial charge on any atom is 0.416 e. The largest absolute Gasteiger partial charge is 0.416 e. The van der Waals surface area contributed by atoms with E-state index in [1.807, 2.05) is 53.4 Å². The summed E-state index contributed by atoms with van der Waals surface area (Å²) in [6.07, 6.45) is -0.567. The number of carbonyl (C=O) groups excluding carboxylic acids is 1. The smallest absolute Gasteiger partial charge is 0.344 e. The number of nitrogens with one attached hydrogen (secondary N) is 1. The molecule has 2 aromatic heterocycles. The molecule has 0 radical (unpaired) electrons. The molecule has 0 aliphatic carbocycles. The van der Waals surface area contributed by atoms with E-state index in [0.29, 0.717) is 5.56 Å². The number of hydrogen-bond acceptors (Lipinski definition) is 4. The molecule has 30 heavy (non-hydrogen) atoms. The monoisotopic (exact) mass is 412 g/mol. The van der Waals surface area contributed by atoms with Crippen LogP contribution >= 0.6 is 0 Å². The molecular weight excluding hydrogens is 397 g/mol. The SMILES string of the molecule is O=C(NCc1ccc(-n2cccc2)cc1)c1nc(-c2ccc(C(F)(F)F)cc2)no1. The van der Waals surface area contributed by atoms with Gasteiger partial charge in [-0.05, 0) is 42.0 Å². The number of alkyl halides is 3. The van der Waals surface area contributed by atoms with E-state index in [0.717, 1.165) is 23.4 Å². The summed E-state index contributed by atoms with van der Waals surface area (Å²) in [5.41, 5.74) is 1.40. The fourth-order valence-electron chi connectivity index (χ4n) is 2.79. The van der Waals surface area contributed by atoms with Crippen LogP contribution in [0.3, 0.4) is 0 Å². The Labute approximate surface area is 169 Å². The minimum atomic E-state index is -4.43. The quantitative estimate of drug-likeness (QED) is 0.525. The van der Waals surface area contributed by atoms with Gasteiger partial charge in [-0.1, -0.05) is 29.4 Å². The van der Waals surface area contributed by atoms with E-state index >= 15 is 0 Å². The third-order valence-electron chi connectivity index (χ3n) is 4.38. The molecule has 2 aromatic carbocycles. The second-order valence-electron chi connectivity index (χ2n) is 6.44. The lowest BCUT2D eigenvalue weighted by molar-refractivity contribution is -0.137. The third-order valence-corrected chi connectivity index (χ3v) is 4.38. The first kappa shape index (κ1) is 19.4. The Hall–Kier alpha value is -3.88. The number of carbonyl (C=O) groups is 1. The van der Waals surface area contributed by atoms with Crippen LogP contribution in [0.15, 0.2) is 77.6 Å². The van der Waals surface area contributed by atoms with Crippen molar-refractivity contribution in [3.05, 3.63) is 90.1 Å². The maximum absolute atomic E-state index is 12.6. The minimum absolute atomic E-state index is 0.0324. The number of nitrogens with zero attached hydrogens (tertiary/aromatic N) is 3. The summed E-state index contributed by atoms with van der Waals surface area (Å²) in [6, 6.07) is 15.8. The van der Waals surface area contributed by atoms with Gasteiger partial charge in [-0.3, -0.25) is 4.79 Å². The minimum Gasteiger partial charge on any atom is -0.344 e. The lowest BCUT2D eigenvalue weighted by Crippen LogP contribution is -2.23. The van der Waals surface area contributed by atoms with Crippen LogP contribution in [-0.2, 0) is 12.7 Å². The van der Waals surface area contributed by atoms with Gasteiger partial charge in [-0.25, -0.2) is 0 Å². The van der Waals surface area contributed by atoms with Crippen molar-refractivity contribution < 1.29 is 22.5 Å². The summed E-state index contributed by atoms with van der Waals surface area (Å²) in [5, 5.41) is 6.34. The molecule has 1 amide bonds. The van der Waals surface area contributed by atoms with Gasteiger partial charge in [0.1, 0.15) is 0 Å². The first-order valence-corrected chi connectivity index (χ1v) is 8.92. The van der Waals surface area contributed by atoms with Crippen LogP contribution < -0.4 is 5.32 Å². The van der Waals surface area contributed by atoms with Gasteiger partial charge in [0.15, 0.2) is 0 Å². The van der Waals surface area contributed by atoms with Gasteiger partial charge in [0.2, 0.25) is 5.82 Å². The number of amides is 1. The first-order chi connectivity index (χ1) is 14.4. The number of halogens is 3. The van der Waals surface area contributed by atoms with Crippen molar-refractivity contribution in [1.29, 1.82) is 0 Å². The van der Waals surface area contributed by atoms with Gasteiger partial charge in [0, 0.05) is 30.2 Å². The summed E-state index contributed by atoms with van der Waals surface area (Å²) in [5.74, 6) is -0.811. The first-order valence-electron chi connectivity index (χ1n) is 8.92. The highest BCUT2D eigenvalue weighted by atomic mass is 19.4. The molecule has 9 heteroatoms. The van der Waals surface area contributed by atoms with Crippen molar-refractivity contribution in [2.24, 2.45) is 0 Å². The van der Waals surface area contributed by atoms with E-state index in [9.17, 15) is 18.0 Å². The predicted octanol–water partition coefficient (Wildman–Crippen LogP) is 4.48. The molecule has 0 spiro atoms. The molecular formula is C21H15F3N4O2. The van der Waals surface area contributed by atoms with Crippen molar-refractivity contribution in [1.82, 2.24) is 20.0 Å². The van der Waals surface area contributed by atoms with Gasteiger partial charge in [0.25, 0.3) is 0 Å². The molecule has 6 nitrogen and oxygen atoms in total.